The molecule has 7 heteroatoms. The van der Waals surface area contributed by atoms with Crippen LogP contribution in [0.5, 0.6) is 0 Å². The fourth-order valence-corrected chi connectivity index (χ4v) is 5.52. The molecule has 33 heavy (non-hydrogen) atoms. The maximum Gasteiger partial charge on any atom is 0.256 e. The van der Waals surface area contributed by atoms with Crippen LogP contribution in [0.4, 0.5) is 8.78 Å². The van der Waals surface area contributed by atoms with Crippen LogP contribution in [0.2, 0.25) is 0 Å². The van der Waals surface area contributed by atoms with E-state index >= 15 is 4.39 Å². The van der Waals surface area contributed by atoms with Crippen LogP contribution < -0.4 is 5.30 Å². The summed E-state index contributed by atoms with van der Waals surface area (Å²) in [4.78, 5) is 19.6. The molecular weight excluding hydrogens is 439 g/mol. The Morgan fingerprint density at radius 2 is 1.73 bits per heavy atom. The minimum Gasteiger partial charge on any atom is -0.331 e. The summed E-state index contributed by atoms with van der Waals surface area (Å²) in [6, 6.07) is 15.3. The molecule has 0 fully saturated rings. The molecule has 5 rings (SSSR count). The molecule has 4 nitrogen and oxygen atoms in total. The monoisotopic (exact) mass is 463 g/mol. The molecule has 4 aromatic rings. The summed E-state index contributed by atoms with van der Waals surface area (Å²) in [7, 11) is 1.18. The van der Waals surface area contributed by atoms with Crippen LogP contribution in [0.15, 0.2) is 54.6 Å². The van der Waals surface area contributed by atoms with E-state index in [4.69, 9.17) is 4.98 Å². The highest BCUT2D eigenvalue weighted by atomic mass is 31.1. The molecule has 0 aliphatic carbocycles. The summed E-state index contributed by atoms with van der Waals surface area (Å²) in [6.07, 6.45) is 0.637. The zero-order valence-corrected chi connectivity index (χ0v) is 19.8. The molecule has 0 radical (unpaired) electrons. The van der Waals surface area contributed by atoms with E-state index in [2.05, 4.69) is 0 Å². The fourth-order valence-electron chi connectivity index (χ4n) is 4.66. The number of hydrogen-bond donors (Lipinski definition) is 0. The lowest BCUT2D eigenvalue weighted by molar-refractivity contribution is 0.0726. The van der Waals surface area contributed by atoms with E-state index in [1.54, 1.807) is 34.7 Å². The molecule has 1 aliphatic rings. The van der Waals surface area contributed by atoms with Gasteiger partial charge in [0.2, 0.25) is 0 Å². The number of imidazole rings is 1. The number of hydrogen-bond acceptors (Lipinski definition) is 2. The van der Waals surface area contributed by atoms with Crippen molar-refractivity contribution in [2.24, 2.45) is 0 Å². The quantitative estimate of drug-likeness (QED) is 0.356. The number of aromatic nitrogens is 2. The zero-order valence-electron chi connectivity index (χ0n) is 18.9. The summed E-state index contributed by atoms with van der Waals surface area (Å²) in [5.41, 5.74) is 3.45. The number of carbonyl (C=O) groups is 1. The molecule has 1 amide bonds. The predicted molar refractivity (Wildman–Crippen MR) is 130 cm³/mol. The molecule has 0 N–H and O–H groups in total. The van der Waals surface area contributed by atoms with Crippen molar-refractivity contribution in [3.8, 4) is 16.8 Å². The molecule has 168 valence electrons. The first-order chi connectivity index (χ1) is 15.8. The van der Waals surface area contributed by atoms with Gasteiger partial charge in [0.05, 0.1) is 28.3 Å². The van der Waals surface area contributed by atoms with Crippen LogP contribution in [-0.2, 0) is 0 Å². The first-order valence-electron chi connectivity index (χ1n) is 10.9. The third-order valence-corrected chi connectivity index (χ3v) is 7.68. The van der Waals surface area contributed by atoms with Crippen LogP contribution in [0.3, 0.4) is 0 Å². The first-order valence-corrected chi connectivity index (χ1v) is 13.1. The second-order valence-corrected chi connectivity index (χ2v) is 10.8. The highest BCUT2D eigenvalue weighted by Crippen LogP contribution is 2.38. The number of benzene rings is 3. The Morgan fingerprint density at radius 3 is 2.42 bits per heavy atom. The summed E-state index contributed by atoms with van der Waals surface area (Å²) in [6.45, 7) is 6.03. The van der Waals surface area contributed by atoms with Gasteiger partial charge in [0, 0.05) is 12.4 Å². The van der Waals surface area contributed by atoms with Gasteiger partial charge in [-0.1, -0.05) is 39.1 Å². The van der Waals surface area contributed by atoms with E-state index in [0.29, 0.717) is 28.8 Å². The van der Waals surface area contributed by atoms with Crippen LogP contribution in [0, 0.1) is 11.6 Å². The highest BCUT2D eigenvalue weighted by molar-refractivity contribution is 7.64. The van der Waals surface area contributed by atoms with Crippen molar-refractivity contribution in [1.82, 2.24) is 14.5 Å². The highest BCUT2D eigenvalue weighted by Gasteiger charge is 2.34. The number of amides is 1. The number of fused-ring (bicyclic) bond motifs is 5. The smallest absolute Gasteiger partial charge is 0.256 e. The molecule has 0 saturated carbocycles. The Morgan fingerprint density at radius 1 is 1.00 bits per heavy atom. The van der Waals surface area contributed by atoms with Gasteiger partial charge in [0.25, 0.3) is 5.91 Å². The Kier molecular flexibility index (Phi) is 5.29. The molecule has 2 heterocycles. The summed E-state index contributed by atoms with van der Waals surface area (Å²) < 4.78 is 31.7. The van der Waals surface area contributed by atoms with Gasteiger partial charge in [-0.15, -0.1) is 0 Å². The zero-order chi connectivity index (χ0) is 23.4. The third-order valence-electron chi connectivity index (χ3n) is 6.36. The number of rotatable bonds is 3. The fraction of sp³-hybridized carbons (Fsp3) is 0.231. The van der Waals surface area contributed by atoms with Crippen molar-refractivity contribution in [2.45, 2.75) is 19.4 Å². The summed E-state index contributed by atoms with van der Waals surface area (Å²) >= 11 is 0. The second kappa shape index (κ2) is 8.03. The van der Waals surface area contributed by atoms with Gasteiger partial charge in [0.1, 0.15) is 17.5 Å². The van der Waals surface area contributed by atoms with E-state index in [9.17, 15) is 9.18 Å². The molecular formula is C26H24F2N3OP. The van der Waals surface area contributed by atoms with Gasteiger partial charge >= 0.3 is 0 Å². The number of para-hydroxylation sites is 1. The van der Waals surface area contributed by atoms with Crippen molar-refractivity contribution in [3.63, 3.8) is 0 Å². The largest absolute Gasteiger partial charge is 0.331 e. The normalized spacial score (nSPS) is 15.7. The molecule has 1 aromatic heterocycles. The van der Waals surface area contributed by atoms with Gasteiger partial charge in [0.15, 0.2) is 0 Å². The lowest BCUT2D eigenvalue weighted by Gasteiger charge is -2.24. The van der Waals surface area contributed by atoms with Gasteiger partial charge in [-0.3, -0.25) is 9.36 Å². The predicted octanol–water partition coefficient (Wildman–Crippen LogP) is 5.87. The standard InChI is InChI=1S/C26H24F2N3OP/c1-5-21-25-29-20-11-9-16(15-10-12-23(33(3)4)19(28)13-15)14-22(20)31(25)24-17(26(32)30(21)2)7-6-8-18(24)27/h6-14,21H,5H2,1-4H3. The van der Waals surface area contributed by atoms with Crippen molar-refractivity contribution in [2.75, 3.05) is 20.4 Å². The first kappa shape index (κ1) is 21.7. The Hall–Kier alpha value is -3.11. The molecule has 0 spiro atoms. The molecule has 3 aromatic carbocycles. The van der Waals surface area contributed by atoms with Crippen LogP contribution >= 0.6 is 7.92 Å². The van der Waals surface area contributed by atoms with Gasteiger partial charge in [-0.2, -0.15) is 0 Å². The maximum absolute atomic E-state index is 15.2. The topological polar surface area (TPSA) is 38.1 Å². The van der Waals surface area contributed by atoms with E-state index in [1.165, 1.54) is 6.07 Å². The lowest BCUT2D eigenvalue weighted by atomic mass is 10.0. The van der Waals surface area contributed by atoms with Crippen LogP contribution in [-0.4, -0.2) is 40.7 Å². The number of carbonyl (C=O) groups excluding carboxylic acids is 1. The Bertz CT molecular complexity index is 1410. The Labute approximate surface area is 192 Å². The minimum absolute atomic E-state index is 0.212. The molecule has 0 bridgehead atoms. The van der Waals surface area contributed by atoms with Crippen LogP contribution in [0.25, 0.3) is 27.8 Å². The minimum atomic E-state index is -0.544. The van der Waals surface area contributed by atoms with E-state index in [0.717, 1.165) is 16.4 Å². The van der Waals surface area contributed by atoms with E-state index in [-0.39, 0.29) is 23.5 Å². The Balaban J connectivity index is 1.79. The SMILES string of the molecule is CCC1c2nc3ccc(-c4ccc(P(C)C)c(F)c4)cc3n2-c2c(F)cccc2C(=O)N1C. The maximum atomic E-state index is 15.2. The van der Waals surface area contributed by atoms with Crippen molar-refractivity contribution in [1.29, 1.82) is 0 Å². The van der Waals surface area contributed by atoms with Gasteiger partial charge in [-0.25, -0.2) is 13.8 Å². The van der Waals surface area contributed by atoms with Crippen LogP contribution in [0.1, 0.15) is 35.6 Å². The van der Waals surface area contributed by atoms with Gasteiger partial charge < -0.3 is 4.90 Å². The lowest BCUT2D eigenvalue weighted by Crippen LogP contribution is -2.30. The number of halogens is 2. The van der Waals surface area contributed by atoms with E-state index in [1.807, 2.05) is 50.6 Å². The van der Waals surface area contributed by atoms with E-state index < -0.39 is 13.7 Å². The molecule has 1 unspecified atom stereocenters. The van der Waals surface area contributed by atoms with Gasteiger partial charge in [-0.05, 0) is 61.2 Å². The summed E-state index contributed by atoms with van der Waals surface area (Å²) in [5.74, 6) is -0.315. The molecule has 1 aliphatic heterocycles. The molecule has 1 atom stereocenters. The number of nitrogens with zero attached hydrogens (tertiary/aromatic N) is 3. The second-order valence-electron chi connectivity index (χ2n) is 8.55. The van der Waals surface area contributed by atoms with Crippen molar-refractivity contribution in [3.05, 3.63) is 77.6 Å². The summed E-state index contributed by atoms with van der Waals surface area (Å²) in [5, 5.41) is 0.733. The third kappa shape index (κ3) is 3.36. The molecule has 0 saturated heterocycles. The average Bonchev–Trinajstić information content (AvgIpc) is 3.12. The van der Waals surface area contributed by atoms with Crippen molar-refractivity contribution >= 4 is 30.2 Å². The van der Waals surface area contributed by atoms with Crippen molar-refractivity contribution < 1.29 is 13.6 Å². The average molecular weight is 463 g/mol.